The molecule has 24 heavy (non-hydrogen) atoms. The van der Waals surface area contributed by atoms with E-state index in [1.807, 2.05) is 6.92 Å². The molecule has 136 valence electrons. The number of amides is 1. The van der Waals surface area contributed by atoms with Crippen LogP contribution in [0.4, 0.5) is 0 Å². The van der Waals surface area contributed by atoms with Gasteiger partial charge >= 0.3 is 0 Å². The maximum atomic E-state index is 12.4. The Labute approximate surface area is 154 Å². The van der Waals surface area contributed by atoms with Crippen molar-refractivity contribution in [2.75, 3.05) is 26.3 Å². The topological polar surface area (TPSA) is 59.6 Å². The van der Waals surface area contributed by atoms with Crippen molar-refractivity contribution in [1.82, 2.24) is 10.6 Å². The zero-order valence-corrected chi connectivity index (χ0v) is 15.8. The molecule has 1 saturated heterocycles. The first-order valence-electron chi connectivity index (χ1n) is 8.26. The van der Waals surface area contributed by atoms with E-state index in [2.05, 4.69) is 17.6 Å². The van der Waals surface area contributed by atoms with E-state index < -0.39 is 0 Å². The summed E-state index contributed by atoms with van der Waals surface area (Å²) in [6.45, 7) is 6.78. The molecule has 1 atom stereocenters. The number of carbonyl (C=O) groups is 1. The molecule has 2 N–H and O–H groups in total. The normalized spacial score (nSPS) is 16.4. The second kappa shape index (κ2) is 10.6. The van der Waals surface area contributed by atoms with Crippen molar-refractivity contribution in [2.24, 2.45) is 0 Å². The molecule has 0 radical (unpaired) electrons. The third-order valence-electron chi connectivity index (χ3n) is 3.71. The van der Waals surface area contributed by atoms with Gasteiger partial charge in [-0.3, -0.25) is 4.79 Å². The number of rotatable bonds is 8. The van der Waals surface area contributed by atoms with Crippen LogP contribution in [0.1, 0.15) is 43.5 Å². The molecular weight excluding hydrogens is 351 g/mol. The van der Waals surface area contributed by atoms with Crippen LogP contribution in [0.5, 0.6) is 11.5 Å². The van der Waals surface area contributed by atoms with E-state index >= 15 is 0 Å². The minimum atomic E-state index is -0.137. The van der Waals surface area contributed by atoms with Crippen molar-refractivity contribution in [3.05, 3.63) is 22.7 Å². The maximum absolute atomic E-state index is 12.4. The molecule has 0 aliphatic carbocycles. The first-order chi connectivity index (χ1) is 11.2. The minimum Gasteiger partial charge on any atom is -0.490 e. The number of unbranched alkanes of at least 4 members (excludes halogenated alkanes) is 1. The Hall–Kier alpha value is -1.17. The van der Waals surface area contributed by atoms with E-state index in [4.69, 9.17) is 21.1 Å². The van der Waals surface area contributed by atoms with Gasteiger partial charge in [-0.1, -0.05) is 24.9 Å². The molecule has 1 amide bonds. The molecule has 0 bridgehead atoms. The fraction of sp³-hybridized carbons (Fsp3) is 0.588. The van der Waals surface area contributed by atoms with E-state index in [9.17, 15) is 4.79 Å². The number of halogens is 2. The number of hydrogen-bond acceptors (Lipinski definition) is 4. The Balaban J connectivity index is 0.00000288. The third kappa shape index (κ3) is 5.72. The summed E-state index contributed by atoms with van der Waals surface area (Å²) in [4.78, 5) is 12.4. The molecule has 0 spiro atoms. The van der Waals surface area contributed by atoms with E-state index in [1.54, 1.807) is 12.1 Å². The predicted molar refractivity (Wildman–Crippen MR) is 99.0 cm³/mol. The van der Waals surface area contributed by atoms with E-state index in [-0.39, 0.29) is 24.4 Å². The lowest BCUT2D eigenvalue weighted by atomic mass is 10.1. The average molecular weight is 377 g/mol. The highest BCUT2D eigenvalue weighted by atomic mass is 35.5. The van der Waals surface area contributed by atoms with Gasteiger partial charge in [0.2, 0.25) is 0 Å². The molecule has 2 rings (SSSR count). The van der Waals surface area contributed by atoms with Gasteiger partial charge in [0, 0.05) is 18.2 Å². The highest BCUT2D eigenvalue weighted by molar-refractivity contribution is 6.32. The second-order valence-corrected chi connectivity index (χ2v) is 5.99. The van der Waals surface area contributed by atoms with Gasteiger partial charge < -0.3 is 20.1 Å². The summed E-state index contributed by atoms with van der Waals surface area (Å²) >= 11 is 6.31. The summed E-state index contributed by atoms with van der Waals surface area (Å²) < 4.78 is 11.3. The second-order valence-electron chi connectivity index (χ2n) is 5.58. The van der Waals surface area contributed by atoms with E-state index in [1.165, 1.54) is 0 Å². The van der Waals surface area contributed by atoms with E-state index in [0.29, 0.717) is 35.3 Å². The molecule has 1 heterocycles. The van der Waals surface area contributed by atoms with Crippen LogP contribution in [-0.2, 0) is 0 Å². The summed E-state index contributed by atoms with van der Waals surface area (Å²) in [6.07, 6.45) is 2.92. The third-order valence-corrected chi connectivity index (χ3v) is 3.99. The zero-order valence-electron chi connectivity index (χ0n) is 14.2. The highest BCUT2D eigenvalue weighted by Gasteiger charge is 2.20. The maximum Gasteiger partial charge on any atom is 0.251 e. The van der Waals surface area contributed by atoms with Crippen LogP contribution < -0.4 is 20.1 Å². The van der Waals surface area contributed by atoms with Gasteiger partial charge in [-0.05, 0) is 38.4 Å². The number of benzene rings is 1. The molecule has 5 nitrogen and oxygen atoms in total. The Kier molecular flexibility index (Phi) is 9.26. The van der Waals surface area contributed by atoms with Crippen molar-refractivity contribution < 1.29 is 14.3 Å². The van der Waals surface area contributed by atoms with Crippen LogP contribution in [0.3, 0.4) is 0 Å². The Morgan fingerprint density at radius 3 is 2.79 bits per heavy atom. The summed E-state index contributed by atoms with van der Waals surface area (Å²) in [6, 6.07) is 3.51. The number of hydrogen-bond donors (Lipinski definition) is 2. The van der Waals surface area contributed by atoms with Gasteiger partial charge in [-0.15, -0.1) is 12.4 Å². The van der Waals surface area contributed by atoms with Crippen molar-refractivity contribution in [1.29, 1.82) is 0 Å². The fourth-order valence-electron chi connectivity index (χ4n) is 2.47. The lowest BCUT2D eigenvalue weighted by Crippen LogP contribution is -2.36. The molecule has 0 aromatic heterocycles. The average Bonchev–Trinajstić information content (AvgIpc) is 3.03. The van der Waals surface area contributed by atoms with Crippen LogP contribution in [-0.4, -0.2) is 38.3 Å². The Morgan fingerprint density at radius 2 is 2.17 bits per heavy atom. The standard InChI is InChI=1S/C17H25ClN2O3.ClH/c1-3-5-8-23-16-14(18)9-12(10-15(16)22-4-2)17(21)20-13-6-7-19-11-13;/h9-10,13,19H,3-8,11H2,1-2H3,(H,20,21);1H. The van der Waals surface area contributed by atoms with Crippen LogP contribution in [0.15, 0.2) is 12.1 Å². The van der Waals surface area contributed by atoms with Crippen LogP contribution in [0, 0.1) is 0 Å². The molecule has 1 aliphatic rings. The first kappa shape index (κ1) is 20.9. The van der Waals surface area contributed by atoms with E-state index in [0.717, 1.165) is 32.4 Å². The summed E-state index contributed by atoms with van der Waals surface area (Å²) in [5.74, 6) is 0.897. The molecule has 1 aromatic rings. The molecule has 1 fully saturated rings. The van der Waals surface area contributed by atoms with Crippen molar-refractivity contribution >= 4 is 29.9 Å². The molecule has 1 aliphatic heterocycles. The molecule has 1 unspecified atom stereocenters. The summed E-state index contributed by atoms with van der Waals surface area (Å²) in [7, 11) is 0. The van der Waals surface area contributed by atoms with Gasteiger partial charge in [0.1, 0.15) is 0 Å². The predicted octanol–water partition coefficient (Wildman–Crippen LogP) is 3.43. The van der Waals surface area contributed by atoms with Gasteiger partial charge in [0.05, 0.1) is 18.2 Å². The molecule has 7 heteroatoms. The first-order valence-corrected chi connectivity index (χ1v) is 8.64. The molecular formula is C17H26Cl2N2O3. The van der Waals surface area contributed by atoms with Crippen molar-refractivity contribution in [2.45, 2.75) is 39.2 Å². The largest absolute Gasteiger partial charge is 0.490 e. The van der Waals surface area contributed by atoms with Crippen LogP contribution in [0.25, 0.3) is 0 Å². The van der Waals surface area contributed by atoms with Gasteiger partial charge in [0.15, 0.2) is 11.5 Å². The molecule has 1 aromatic carbocycles. The van der Waals surface area contributed by atoms with Gasteiger partial charge in [0.25, 0.3) is 5.91 Å². The zero-order chi connectivity index (χ0) is 16.7. The van der Waals surface area contributed by atoms with Crippen LogP contribution in [0.2, 0.25) is 5.02 Å². The van der Waals surface area contributed by atoms with Crippen molar-refractivity contribution in [3.63, 3.8) is 0 Å². The van der Waals surface area contributed by atoms with Crippen LogP contribution >= 0.6 is 24.0 Å². The number of nitrogens with one attached hydrogen (secondary N) is 2. The Bertz CT molecular complexity index is 535. The monoisotopic (exact) mass is 376 g/mol. The smallest absolute Gasteiger partial charge is 0.251 e. The Morgan fingerprint density at radius 1 is 1.38 bits per heavy atom. The molecule has 0 saturated carbocycles. The lowest BCUT2D eigenvalue weighted by molar-refractivity contribution is 0.0939. The highest BCUT2D eigenvalue weighted by Crippen LogP contribution is 2.37. The van der Waals surface area contributed by atoms with Gasteiger partial charge in [-0.2, -0.15) is 0 Å². The minimum absolute atomic E-state index is 0. The summed E-state index contributed by atoms with van der Waals surface area (Å²) in [5.41, 5.74) is 0.494. The fourth-order valence-corrected chi connectivity index (χ4v) is 2.73. The van der Waals surface area contributed by atoms with Crippen molar-refractivity contribution in [3.8, 4) is 11.5 Å². The van der Waals surface area contributed by atoms with Gasteiger partial charge in [-0.25, -0.2) is 0 Å². The quantitative estimate of drug-likeness (QED) is 0.682. The lowest BCUT2D eigenvalue weighted by Gasteiger charge is -2.16. The number of ether oxygens (including phenoxy) is 2. The number of carbonyl (C=O) groups excluding carboxylic acids is 1. The summed E-state index contributed by atoms with van der Waals surface area (Å²) in [5, 5.41) is 6.64. The SMILES string of the molecule is CCCCOc1c(Cl)cc(C(=O)NC2CCNC2)cc1OCC.Cl.